The van der Waals surface area contributed by atoms with Crippen LogP contribution in [0.2, 0.25) is 5.02 Å². The van der Waals surface area contributed by atoms with E-state index in [0.29, 0.717) is 17.4 Å². The Morgan fingerprint density at radius 3 is 2.83 bits per heavy atom. The molecular weight excluding hydrogens is 356 g/mol. The van der Waals surface area contributed by atoms with Crippen molar-refractivity contribution in [3.8, 4) is 5.75 Å². The van der Waals surface area contributed by atoms with Crippen LogP contribution in [0.5, 0.6) is 5.75 Å². The molecule has 1 amide bonds. The van der Waals surface area contributed by atoms with Crippen molar-refractivity contribution in [2.24, 2.45) is 5.92 Å². The highest BCUT2D eigenvalue weighted by atomic mass is 35.5. The molecule has 0 saturated carbocycles. The van der Waals surface area contributed by atoms with Crippen molar-refractivity contribution in [1.82, 2.24) is 9.62 Å². The van der Waals surface area contributed by atoms with Crippen LogP contribution in [-0.4, -0.2) is 64.3 Å². The molecule has 1 aliphatic rings. The van der Waals surface area contributed by atoms with Crippen LogP contribution in [0.1, 0.15) is 0 Å². The summed E-state index contributed by atoms with van der Waals surface area (Å²) in [4.78, 5) is 12.0. The summed E-state index contributed by atoms with van der Waals surface area (Å²) in [6.45, 7) is 0.410. The molecule has 0 bridgehead atoms. The lowest BCUT2D eigenvalue weighted by Crippen LogP contribution is -2.45. The topological polar surface area (TPSA) is 84.9 Å². The zero-order valence-electron chi connectivity index (χ0n) is 13.6. The number of rotatable bonds is 7. The van der Waals surface area contributed by atoms with Gasteiger partial charge in [0.25, 0.3) is 5.91 Å². The summed E-state index contributed by atoms with van der Waals surface area (Å²) >= 11 is 5.85. The molecule has 1 N–H and O–H groups in total. The van der Waals surface area contributed by atoms with Gasteiger partial charge in [0.05, 0.1) is 25.0 Å². The minimum atomic E-state index is -3.35. The van der Waals surface area contributed by atoms with Crippen LogP contribution in [0.4, 0.5) is 0 Å². The van der Waals surface area contributed by atoms with Gasteiger partial charge in [-0.2, -0.15) is 0 Å². The third kappa shape index (κ3) is 5.34. The molecule has 0 aromatic heterocycles. The number of ether oxygens (including phenoxy) is 2. The van der Waals surface area contributed by atoms with Crippen molar-refractivity contribution in [1.29, 1.82) is 0 Å². The Labute approximate surface area is 146 Å². The third-order valence-electron chi connectivity index (χ3n) is 3.69. The van der Waals surface area contributed by atoms with Crippen molar-refractivity contribution < 1.29 is 22.7 Å². The quantitative estimate of drug-likeness (QED) is 0.758. The lowest BCUT2D eigenvalue weighted by molar-refractivity contribution is -0.124. The van der Waals surface area contributed by atoms with Gasteiger partial charge in [0.1, 0.15) is 5.75 Å². The highest BCUT2D eigenvalue weighted by molar-refractivity contribution is 7.89. The predicted molar refractivity (Wildman–Crippen MR) is 90.7 cm³/mol. The summed E-state index contributed by atoms with van der Waals surface area (Å²) in [6, 6.07) is 6.39. The molecule has 1 saturated heterocycles. The molecule has 0 aliphatic carbocycles. The minimum Gasteiger partial charge on any atom is -0.484 e. The number of benzene rings is 1. The molecule has 0 unspecified atom stereocenters. The van der Waals surface area contributed by atoms with Crippen molar-refractivity contribution in [2.75, 3.05) is 39.7 Å². The van der Waals surface area contributed by atoms with Crippen LogP contribution in [-0.2, 0) is 19.6 Å². The average Bonchev–Trinajstić information content (AvgIpc) is 2.91. The number of nitrogens with zero attached hydrogens (tertiary/aromatic N) is 1. The smallest absolute Gasteiger partial charge is 0.258 e. The highest BCUT2D eigenvalue weighted by Gasteiger charge is 2.34. The predicted octanol–water partition coefficient (Wildman–Crippen LogP) is 0.741. The van der Waals surface area contributed by atoms with E-state index >= 15 is 0 Å². The van der Waals surface area contributed by atoms with Gasteiger partial charge in [-0.15, -0.1) is 0 Å². The Morgan fingerprint density at radius 1 is 1.42 bits per heavy atom. The Bertz CT molecular complexity index is 680. The van der Waals surface area contributed by atoms with Crippen molar-refractivity contribution in [3.63, 3.8) is 0 Å². The van der Waals surface area contributed by atoms with E-state index in [1.54, 1.807) is 24.3 Å². The molecule has 134 valence electrons. The van der Waals surface area contributed by atoms with Gasteiger partial charge in [-0.25, -0.2) is 12.7 Å². The second-order valence-electron chi connectivity index (χ2n) is 5.78. The number of halogens is 1. The number of carbonyl (C=O) groups is 1. The molecule has 2 atom stereocenters. The highest BCUT2D eigenvalue weighted by Crippen LogP contribution is 2.18. The summed E-state index contributed by atoms with van der Waals surface area (Å²) in [5, 5.41) is 3.29. The monoisotopic (exact) mass is 376 g/mol. The first-order valence-electron chi connectivity index (χ1n) is 7.43. The summed E-state index contributed by atoms with van der Waals surface area (Å²) in [7, 11) is -0.387. The normalized spacial score (nSPS) is 21.0. The van der Waals surface area contributed by atoms with E-state index in [-0.39, 0.29) is 36.8 Å². The molecule has 7 nitrogen and oxygen atoms in total. The van der Waals surface area contributed by atoms with E-state index in [1.807, 2.05) is 0 Å². The Balaban J connectivity index is 1.86. The molecule has 2 rings (SSSR count). The first-order valence-corrected chi connectivity index (χ1v) is 9.42. The maximum Gasteiger partial charge on any atom is 0.258 e. The fraction of sp³-hybridized carbons (Fsp3) is 0.533. The Morgan fingerprint density at radius 2 is 2.17 bits per heavy atom. The van der Waals surface area contributed by atoms with Crippen LogP contribution in [0.3, 0.4) is 0 Å². The van der Waals surface area contributed by atoms with Gasteiger partial charge in [-0.1, -0.05) is 17.7 Å². The molecule has 1 aromatic rings. The number of carbonyl (C=O) groups excluding carboxylic acids is 1. The summed E-state index contributed by atoms with van der Waals surface area (Å²) < 4.78 is 35.8. The molecule has 1 aliphatic heterocycles. The van der Waals surface area contributed by atoms with E-state index in [4.69, 9.17) is 21.1 Å². The van der Waals surface area contributed by atoms with Crippen molar-refractivity contribution >= 4 is 27.5 Å². The molecule has 1 aromatic carbocycles. The number of hydrogen-bond acceptors (Lipinski definition) is 5. The first-order chi connectivity index (χ1) is 11.3. The Kier molecular flexibility index (Phi) is 6.45. The average molecular weight is 377 g/mol. The SMILES string of the molecule is CN(C)S(=O)(=O)C[C@@H]1COC[C@H]1NC(=O)COc1cccc(Cl)c1. The zero-order chi connectivity index (χ0) is 17.7. The van der Waals surface area contributed by atoms with Gasteiger partial charge in [-0.3, -0.25) is 4.79 Å². The second-order valence-corrected chi connectivity index (χ2v) is 8.44. The van der Waals surface area contributed by atoms with Gasteiger partial charge in [0.15, 0.2) is 6.61 Å². The largest absolute Gasteiger partial charge is 0.484 e. The molecule has 0 spiro atoms. The lowest BCUT2D eigenvalue weighted by Gasteiger charge is -2.21. The van der Waals surface area contributed by atoms with E-state index < -0.39 is 10.0 Å². The maximum atomic E-state index is 12.0. The standard InChI is InChI=1S/C15H21ClN2O5S/c1-18(2)24(20,21)10-11-7-22-8-14(11)17-15(19)9-23-13-5-3-4-12(16)6-13/h3-6,11,14H,7-10H2,1-2H3,(H,17,19)/t11-,14+/m0/s1. The van der Waals surface area contributed by atoms with Crippen LogP contribution in [0.15, 0.2) is 24.3 Å². The lowest BCUT2D eigenvalue weighted by atomic mass is 10.1. The Hall–Kier alpha value is -1.35. The maximum absolute atomic E-state index is 12.0. The van der Waals surface area contributed by atoms with Crippen molar-refractivity contribution in [2.45, 2.75) is 6.04 Å². The van der Waals surface area contributed by atoms with Gasteiger partial charge in [0, 0.05) is 25.0 Å². The summed E-state index contributed by atoms with van der Waals surface area (Å²) in [6.07, 6.45) is 0. The van der Waals surface area contributed by atoms with Crippen LogP contribution in [0, 0.1) is 5.92 Å². The van der Waals surface area contributed by atoms with E-state index in [1.165, 1.54) is 18.4 Å². The van der Waals surface area contributed by atoms with E-state index in [0.717, 1.165) is 0 Å². The molecule has 24 heavy (non-hydrogen) atoms. The zero-order valence-corrected chi connectivity index (χ0v) is 15.1. The van der Waals surface area contributed by atoms with Crippen LogP contribution < -0.4 is 10.1 Å². The molecule has 9 heteroatoms. The minimum absolute atomic E-state index is 0.0693. The van der Waals surface area contributed by atoms with Gasteiger partial charge < -0.3 is 14.8 Å². The number of sulfonamides is 1. The van der Waals surface area contributed by atoms with Crippen LogP contribution >= 0.6 is 11.6 Å². The number of nitrogens with one attached hydrogen (secondary N) is 1. The fourth-order valence-electron chi connectivity index (χ4n) is 2.30. The summed E-state index contributed by atoms with van der Waals surface area (Å²) in [5.41, 5.74) is 0. The van der Waals surface area contributed by atoms with Crippen LogP contribution in [0.25, 0.3) is 0 Å². The van der Waals surface area contributed by atoms with Gasteiger partial charge >= 0.3 is 0 Å². The third-order valence-corrected chi connectivity index (χ3v) is 5.89. The fourth-order valence-corrected chi connectivity index (χ4v) is 3.64. The number of amides is 1. The molecule has 0 radical (unpaired) electrons. The second kappa shape index (κ2) is 8.15. The number of hydrogen-bond donors (Lipinski definition) is 1. The summed E-state index contributed by atoms with van der Waals surface area (Å²) in [5.74, 6) is -0.197. The van der Waals surface area contributed by atoms with Gasteiger partial charge in [0.2, 0.25) is 10.0 Å². The first kappa shape index (κ1) is 19.0. The van der Waals surface area contributed by atoms with E-state index in [2.05, 4.69) is 5.32 Å². The molecule has 1 heterocycles. The molecular formula is C15H21ClN2O5S. The van der Waals surface area contributed by atoms with Crippen molar-refractivity contribution in [3.05, 3.63) is 29.3 Å². The van der Waals surface area contributed by atoms with Gasteiger partial charge in [-0.05, 0) is 18.2 Å². The molecule has 1 fully saturated rings. The van der Waals surface area contributed by atoms with E-state index in [9.17, 15) is 13.2 Å².